The van der Waals surface area contributed by atoms with Gasteiger partial charge in [-0.25, -0.2) is 14.2 Å². The van der Waals surface area contributed by atoms with E-state index in [0.29, 0.717) is 20.8 Å². The molecule has 140 valence electrons. The number of carbonyl (C=O) groups excluding carboxylic acids is 1. The molecule has 0 unspecified atom stereocenters. The number of anilines is 1. The minimum absolute atomic E-state index is 0.264. The summed E-state index contributed by atoms with van der Waals surface area (Å²) in [5.74, 6) is -0.780. The molecule has 0 saturated carbocycles. The van der Waals surface area contributed by atoms with Crippen LogP contribution in [-0.4, -0.2) is 17.6 Å². The molecule has 4 rings (SSSR count). The van der Waals surface area contributed by atoms with Crippen molar-refractivity contribution >= 4 is 33.2 Å². The molecule has 0 bridgehead atoms. The first kappa shape index (κ1) is 18.1. The van der Waals surface area contributed by atoms with Crippen molar-refractivity contribution in [1.82, 2.24) is 4.98 Å². The van der Waals surface area contributed by atoms with E-state index in [9.17, 15) is 9.18 Å². The quantitative estimate of drug-likeness (QED) is 0.464. The van der Waals surface area contributed by atoms with Crippen molar-refractivity contribution in [3.05, 3.63) is 71.4 Å². The average molecular weight is 392 g/mol. The first-order chi connectivity index (χ1) is 13.6. The lowest BCUT2D eigenvalue weighted by molar-refractivity contribution is 0.0533. The predicted molar refractivity (Wildman–Crippen MR) is 111 cm³/mol. The van der Waals surface area contributed by atoms with Gasteiger partial charge in [0.05, 0.1) is 18.0 Å². The van der Waals surface area contributed by atoms with Gasteiger partial charge in [0.1, 0.15) is 15.5 Å². The molecule has 0 amide bonds. The second kappa shape index (κ2) is 7.40. The van der Waals surface area contributed by atoms with Gasteiger partial charge in [-0.1, -0.05) is 42.5 Å². The lowest BCUT2D eigenvalue weighted by atomic mass is 9.99. The number of thiophene rings is 1. The van der Waals surface area contributed by atoms with Gasteiger partial charge in [-0.2, -0.15) is 0 Å². The molecule has 0 radical (unpaired) electrons. The molecule has 28 heavy (non-hydrogen) atoms. The number of rotatable bonds is 4. The number of nitrogens with zero attached hydrogens (tertiary/aromatic N) is 1. The molecular weight excluding hydrogens is 375 g/mol. The smallest absolute Gasteiger partial charge is 0.350 e. The molecular formula is C22H17FN2O2S. The van der Waals surface area contributed by atoms with Crippen molar-refractivity contribution in [1.29, 1.82) is 0 Å². The van der Waals surface area contributed by atoms with Crippen LogP contribution in [0.15, 0.2) is 60.7 Å². The van der Waals surface area contributed by atoms with Gasteiger partial charge >= 0.3 is 5.97 Å². The number of fused-ring (bicyclic) bond motifs is 1. The van der Waals surface area contributed by atoms with Crippen molar-refractivity contribution < 1.29 is 13.9 Å². The van der Waals surface area contributed by atoms with Gasteiger partial charge in [0.25, 0.3) is 0 Å². The highest BCUT2D eigenvalue weighted by atomic mass is 32.1. The normalized spacial score (nSPS) is 10.9. The maximum atomic E-state index is 13.4. The molecule has 2 aromatic carbocycles. The highest BCUT2D eigenvalue weighted by molar-refractivity contribution is 7.21. The zero-order valence-corrected chi connectivity index (χ0v) is 15.9. The molecule has 2 aromatic heterocycles. The number of ether oxygens (including phenoxy) is 1. The third-order valence-electron chi connectivity index (χ3n) is 4.38. The van der Waals surface area contributed by atoms with Gasteiger partial charge in [-0.15, -0.1) is 11.3 Å². The van der Waals surface area contributed by atoms with Crippen molar-refractivity contribution in [3.8, 4) is 22.4 Å². The first-order valence-corrected chi connectivity index (χ1v) is 9.61. The van der Waals surface area contributed by atoms with E-state index in [4.69, 9.17) is 15.5 Å². The standard InChI is InChI=1S/C22H17FN2O2S/c1-2-27-22(26)20-19(24)18-16(13-8-10-15(23)11-9-13)12-17(25-21(18)28-20)14-6-4-3-5-7-14/h3-12H,2,24H2,1H3. The summed E-state index contributed by atoms with van der Waals surface area (Å²) in [5, 5.41) is 0.680. The van der Waals surface area contributed by atoms with Crippen LogP contribution < -0.4 is 5.73 Å². The summed E-state index contributed by atoms with van der Waals surface area (Å²) in [6.07, 6.45) is 0. The van der Waals surface area contributed by atoms with E-state index >= 15 is 0 Å². The number of pyridine rings is 1. The monoisotopic (exact) mass is 392 g/mol. The summed E-state index contributed by atoms with van der Waals surface area (Å²) in [7, 11) is 0. The molecule has 0 aliphatic rings. The third-order valence-corrected chi connectivity index (χ3v) is 5.46. The fraction of sp³-hybridized carbons (Fsp3) is 0.0909. The summed E-state index contributed by atoms with van der Waals surface area (Å²) in [6.45, 7) is 2.01. The molecule has 0 aliphatic carbocycles. The summed E-state index contributed by atoms with van der Waals surface area (Å²) in [4.78, 5) is 18.0. The maximum Gasteiger partial charge on any atom is 0.350 e. The van der Waals surface area contributed by atoms with E-state index in [1.807, 2.05) is 36.4 Å². The topological polar surface area (TPSA) is 65.2 Å². The molecule has 2 heterocycles. The minimum atomic E-state index is -0.464. The number of aromatic nitrogens is 1. The van der Waals surface area contributed by atoms with Crippen LogP contribution in [0, 0.1) is 5.82 Å². The van der Waals surface area contributed by atoms with Crippen molar-refractivity contribution in [3.63, 3.8) is 0 Å². The molecule has 0 spiro atoms. The number of benzene rings is 2. The van der Waals surface area contributed by atoms with Crippen LogP contribution in [-0.2, 0) is 4.74 Å². The molecule has 0 aliphatic heterocycles. The molecule has 2 N–H and O–H groups in total. The van der Waals surface area contributed by atoms with Crippen LogP contribution in [0.1, 0.15) is 16.6 Å². The van der Waals surface area contributed by atoms with Gasteiger partial charge in [-0.05, 0) is 36.2 Å². The lowest BCUT2D eigenvalue weighted by Crippen LogP contribution is -2.04. The SMILES string of the molecule is CCOC(=O)c1sc2nc(-c3ccccc3)cc(-c3ccc(F)cc3)c2c1N. The predicted octanol–water partition coefficient (Wildman–Crippen LogP) is 5.53. The first-order valence-electron chi connectivity index (χ1n) is 8.80. The van der Waals surface area contributed by atoms with E-state index in [-0.39, 0.29) is 12.4 Å². The highest BCUT2D eigenvalue weighted by Crippen LogP contribution is 2.41. The van der Waals surface area contributed by atoms with E-state index in [2.05, 4.69) is 0 Å². The van der Waals surface area contributed by atoms with Gasteiger partial charge in [0, 0.05) is 10.9 Å². The number of esters is 1. The van der Waals surface area contributed by atoms with E-state index < -0.39 is 5.97 Å². The molecule has 6 heteroatoms. The Morgan fingerprint density at radius 2 is 1.82 bits per heavy atom. The summed E-state index contributed by atoms with van der Waals surface area (Å²) < 4.78 is 18.6. The Kier molecular flexibility index (Phi) is 4.79. The van der Waals surface area contributed by atoms with Crippen molar-refractivity contribution in [2.24, 2.45) is 0 Å². The Hall–Kier alpha value is -3.25. The van der Waals surface area contributed by atoms with Crippen LogP contribution in [0.2, 0.25) is 0 Å². The van der Waals surface area contributed by atoms with Gasteiger partial charge in [0.2, 0.25) is 0 Å². The molecule has 0 fully saturated rings. The second-order valence-electron chi connectivity index (χ2n) is 6.17. The van der Waals surface area contributed by atoms with Crippen LogP contribution in [0.25, 0.3) is 32.6 Å². The Morgan fingerprint density at radius 3 is 2.50 bits per heavy atom. The van der Waals surface area contributed by atoms with E-state index in [0.717, 1.165) is 22.4 Å². The fourth-order valence-electron chi connectivity index (χ4n) is 3.08. The van der Waals surface area contributed by atoms with E-state index in [1.165, 1.54) is 23.5 Å². The third kappa shape index (κ3) is 3.23. The fourth-order valence-corrected chi connectivity index (χ4v) is 4.10. The molecule has 0 saturated heterocycles. The largest absolute Gasteiger partial charge is 0.462 e. The molecule has 0 atom stereocenters. The number of halogens is 1. The summed E-state index contributed by atoms with van der Waals surface area (Å²) in [6, 6.07) is 17.8. The maximum absolute atomic E-state index is 13.4. The Bertz CT molecular complexity index is 1150. The Balaban J connectivity index is 2.00. The Labute approximate surface area is 165 Å². The Morgan fingerprint density at radius 1 is 1.11 bits per heavy atom. The van der Waals surface area contributed by atoms with Crippen LogP contribution >= 0.6 is 11.3 Å². The number of carbonyl (C=O) groups is 1. The summed E-state index contributed by atoms with van der Waals surface area (Å²) >= 11 is 1.21. The zero-order chi connectivity index (χ0) is 19.7. The molecule has 4 nitrogen and oxygen atoms in total. The number of nitrogens with two attached hydrogens (primary N) is 1. The highest BCUT2D eigenvalue weighted by Gasteiger charge is 2.22. The number of hydrogen-bond donors (Lipinski definition) is 1. The number of hydrogen-bond acceptors (Lipinski definition) is 5. The number of nitrogen functional groups attached to an aromatic ring is 1. The average Bonchev–Trinajstić information content (AvgIpc) is 3.05. The van der Waals surface area contributed by atoms with Crippen molar-refractivity contribution in [2.45, 2.75) is 6.92 Å². The molecule has 4 aromatic rings. The van der Waals surface area contributed by atoms with Crippen LogP contribution in [0.4, 0.5) is 10.1 Å². The second-order valence-corrected chi connectivity index (χ2v) is 7.17. The minimum Gasteiger partial charge on any atom is -0.462 e. The van der Waals surface area contributed by atoms with Crippen LogP contribution in [0.3, 0.4) is 0 Å². The van der Waals surface area contributed by atoms with Gasteiger partial charge < -0.3 is 10.5 Å². The zero-order valence-electron chi connectivity index (χ0n) is 15.1. The lowest BCUT2D eigenvalue weighted by Gasteiger charge is -2.09. The van der Waals surface area contributed by atoms with Gasteiger partial charge in [-0.3, -0.25) is 0 Å². The van der Waals surface area contributed by atoms with Crippen LogP contribution in [0.5, 0.6) is 0 Å². The van der Waals surface area contributed by atoms with Gasteiger partial charge in [0.15, 0.2) is 0 Å². The van der Waals surface area contributed by atoms with E-state index in [1.54, 1.807) is 19.1 Å². The summed E-state index contributed by atoms with van der Waals surface area (Å²) in [5.41, 5.74) is 9.95. The van der Waals surface area contributed by atoms with Crippen molar-refractivity contribution in [2.75, 3.05) is 12.3 Å².